The van der Waals surface area contributed by atoms with Gasteiger partial charge in [0.25, 0.3) is 20.2 Å². The van der Waals surface area contributed by atoms with Crippen molar-refractivity contribution in [3.05, 3.63) is 161 Å². The fourth-order valence-electron chi connectivity index (χ4n) is 10.1. The summed E-state index contributed by atoms with van der Waals surface area (Å²) in [6.07, 6.45) is 14.3. The molecule has 0 saturated carbocycles. The fraction of sp³-hybridized carbons (Fsp3) is 0.352. The molecule has 0 fully saturated rings. The minimum Gasteiger partial charge on any atom is -0.508 e. The van der Waals surface area contributed by atoms with Gasteiger partial charge in [-0.2, -0.15) is 21.4 Å². The van der Waals surface area contributed by atoms with E-state index < -0.39 is 20.2 Å². The van der Waals surface area contributed by atoms with Gasteiger partial charge >= 0.3 is 0 Å². The van der Waals surface area contributed by atoms with Crippen LogP contribution in [0.1, 0.15) is 89.3 Å². The van der Waals surface area contributed by atoms with Crippen molar-refractivity contribution in [1.82, 2.24) is 5.32 Å². The van der Waals surface area contributed by atoms with E-state index in [0.29, 0.717) is 45.3 Å². The average Bonchev–Trinajstić information content (AvgIpc) is 3.60. The summed E-state index contributed by atoms with van der Waals surface area (Å²) < 4.78 is 68.0. The van der Waals surface area contributed by atoms with Gasteiger partial charge in [0, 0.05) is 59.7 Å². The van der Waals surface area contributed by atoms with Crippen LogP contribution in [0.3, 0.4) is 0 Å². The molecule has 2 heterocycles. The van der Waals surface area contributed by atoms with E-state index in [9.17, 15) is 31.0 Å². The van der Waals surface area contributed by atoms with Gasteiger partial charge in [0.05, 0.1) is 16.9 Å². The molecule has 5 aromatic rings. The molecule has 8 rings (SSSR count). The zero-order valence-corrected chi connectivity index (χ0v) is 40.1. The zero-order valence-electron chi connectivity index (χ0n) is 38.4. The van der Waals surface area contributed by atoms with Crippen LogP contribution in [0, 0.1) is 0 Å². The maximum absolute atomic E-state index is 11.7. The van der Waals surface area contributed by atoms with Gasteiger partial charge in [0.15, 0.2) is 5.71 Å². The first-order valence-corrected chi connectivity index (χ1v) is 26.3. The minimum absolute atomic E-state index is 0.236. The maximum atomic E-state index is 11.7. The lowest BCUT2D eigenvalue weighted by molar-refractivity contribution is -0.438. The normalized spacial score (nSPS) is 18.4. The Balaban J connectivity index is 1.20. The molecule has 1 aliphatic carbocycles. The minimum atomic E-state index is -4.07. The van der Waals surface area contributed by atoms with E-state index in [2.05, 4.69) is 127 Å². The van der Waals surface area contributed by atoms with E-state index in [0.717, 1.165) is 70.5 Å². The number of phenolic OH excluding ortho intramolecular Hbond substituents is 1. The van der Waals surface area contributed by atoms with Crippen LogP contribution in [0.4, 0.5) is 11.4 Å². The Morgan fingerprint density at radius 3 is 1.95 bits per heavy atom. The number of allylic oxidation sites excluding steroid dienone is 7. The number of rotatable bonds is 17. The number of fused-ring (bicyclic) bond motifs is 4. The third-order valence-electron chi connectivity index (χ3n) is 13.7. The Morgan fingerprint density at radius 1 is 0.697 bits per heavy atom. The Bertz CT molecular complexity index is 3050. The highest BCUT2D eigenvalue weighted by Crippen LogP contribution is 2.50. The van der Waals surface area contributed by atoms with Crippen molar-refractivity contribution in [2.75, 3.05) is 36.0 Å². The first-order chi connectivity index (χ1) is 31.4. The lowest BCUT2D eigenvalue weighted by atomic mass is 9.80. The van der Waals surface area contributed by atoms with E-state index in [1.807, 2.05) is 24.3 Å². The molecule has 5 aromatic carbocycles. The van der Waals surface area contributed by atoms with Gasteiger partial charge in [-0.1, -0.05) is 86.7 Å². The quantitative estimate of drug-likeness (QED) is 0.0406. The topological polar surface area (TPSA) is 147 Å². The second-order valence-electron chi connectivity index (χ2n) is 19.0. The van der Waals surface area contributed by atoms with Gasteiger partial charge in [-0.3, -0.25) is 9.11 Å². The summed E-state index contributed by atoms with van der Waals surface area (Å²) >= 11 is 0. The highest BCUT2D eigenvalue weighted by Gasteiger charge is 2.45. The Hall–Kier alpha value is -5.53. The molecular formula is C54H62N3O7S2+. The highest BCUT2D eigenvalue weighted by atomic mass is 32.2. The molecule has 2 aliphatic heterocycles. The third-order valence-corrected chi connectivity index (χ3v) is 15.3. The smallest absolute Gasteiger partial charge is 0.264 e. The summed E-state index contributed by atoms with van der Waals surface area (Å²) in [5.41, 5.74) is 10.7. The van der Waals surface area contributed by atoms with Crippen LogP contribution in [-0.2, 0) is 37.5 Å². The van der Waals surface area contributed by atoms with Crippen molar-refractivity contribution in [3.8, 4) is 5.75 Å². The van der Waals surface area contributed by atoms with Crippen LogP contribution in [0.2, 0.25) is 0 Å². The predicted octanol–water partition coefficient (Wildman–Crippen LogP) is 10.8. The van der Waals surface area contributed by atoms with Crippen molar-refractivity contribution in [3.63, 3.8) is 0 Å². The molecule has 0 aromatic heterocycles. The number of aromatic hydroxyl groups is 1. The molecule has 0 radical (unpaired) electrons. The van der Waals surface area contributed by atoms with Crippen LogP contribution in [0.5, 0.6) is 5.75 Å². The van der Waals surface area contributed by atoms with Crippen molar-refractivity contribution < 1.29 is 35.6 Å². The summed E-state index contributed by atoms with van der Waals surface area (Å²) in [5, 5.41) is 18.4. The molecule has 66 heavy (non-hydrogen) atoms. The lowest BCUT2D eigenvalue weighted by Crippen LogP contribution is -2.28. The second kappa shape index (κ2) is 19.0. The highest BCUT2D eigenvalue weighted by molar-refractivity contribution is 7.86. The van der Waals surface area contributed by atoms with Gasteiger partial charge in [-0.25, -0.2) is 0 Å². The number of benzene rings is 5. The van der Waals surface area contributed by atoms with Crippen LogP contribution in [-0.4, -0.2) is 72.5 Å². The van der Waals surface area contributed by atoms with Crippen LogP contribution < -0.4 is 10.2 Å². The summed E-state index contributed by atoms with van der Waals surface area (Å²) in [6.45, 7) is 10.9. The summed E-state index contributed by atoms with van der Waals surface area (Å²) in [7, 11) is -8.13. The first kappa shape index (κ1) is 47.0. The van der Waals surface area contributed by atoms with E-state index in [-0.39, 0.29) is 28.1 Å². The standard InChI is InChI=1S/C54H61N3O7S2/c1-53(2)46-34-41-14-5-7-16-43(41)36-48(46)56(30-9-11-32-65(59,60)61)50(53)26-22-39-18-13-19-40(52(39)55-29-28-38-20-24-45(58)25-21-38)23-27-51-54(3,4)47-35-42-15-6-8-17-44(42)37-49(47)57(51)31-10-12-33-66(62,63)64/h5-8,14-17,20-27,34-37H,9-13,18-19,28-33H2,1-4H3,(H3,58,59,60,61,62,63,64)/p+1. The van der Waals surface area contributed by atoms with Crippen LogP contribution >= 0.6 is 0 Å². The molecule has 0 bridgehead atoms. The van der Waals surface area contributed by atoms with Crippen molar-refractivity contribution >= 4 is 58.9 Å². The third kappa shape index (κ3) is 10.4. The van der Waals surface area contributed by atoms with E-state index in [1.54, 1.807) is 12.1 Å². The number of nitrogens with one attached hydrogen (secondary N) is 1. The summed E-state index contributed by atoms with van der Waals surface area (Å²) in [4.78, 5) is 2.33. The number of anilines is 1. The Morgan fingerprint density at radius 2 is 1.30 bits per heavy atom. The Labute approximate surface area is 390 Å². The SMILES string of the molecule is CC1(C)C(=CC=C2CCCC(C=CC3=[N+](CCCCS(=O)(=O)O)c4cc5ccccc5cc4C3(C)C)=C2NCCc2ccc(O)cc2)N(CCCCS(=O)(=O)O)c2cc3ccccc3cc21. The zero-order chi connectivity index (χ0) is 46.9. The molecular weight excluding hydrogens is 867 g/mol. The van der Waals surface area contributed by atoms with Gasteiger partial charge in [0.1, 0.15) is 12.3 Å². The van der Waals surface area contributed by atoms with Gasteiger partial charge in [0.2, 0.25) is 5.69 Å². The molecule has 0 unspecified atom stereocenters. The Kier molecular flexibility index (Phi) is 13.5. The number of hydrogen-bond acceptors (Lipinski definition) is 7. The summed E-state index contributed by atoms with van der Waals surface area (Å²) in [6, 6.07) is 33.1. The molecule has 0 atom stereocenters. The first-order valence-electron chi connectivity index (χ1n) is 23.1. The summed E-state index contributed by atoms with van der Waals surface area (Å²) in [5.74, 6) is -0.313. The molecule has 0 amide bonds. The number of nitrogens with zero attached hydrogens (tertiary/aromatic N) is 2. The predicted molar refractivity (Wildman–Crippen MR) is 268 cm³/mol. The van der Waals surface area contributed by atoms with Crippen LogP contribution in [0.25, 0.3) is 21.5 Å². The molecule has 10 nitrogen and oxygen atoms in total. The van der Waals surface area contributed by atoms with E-state index in [4.69, 9.17) is 0 Å². The average molecular weight is 929 g/mol. The molecule has 4 N–H and O–H groups in total. The van der Waals surface area contributed by atoms with E-state index in [1.165, 1.54) is 33.0 Å². The molecule has 0 spiro atoms. The van der Waals surface area contributed by atoms with Crippen LogP contribution in [0.15, 0.2) is 144 Å². The molecule has 0 saturated heterocycles. The van der Waals surface area contributed by atoms with Crippen molar-refractivity contribution in [2.24, 2.45) is 0 Å². The molecule has 3 aliphatic rings. The largest absolute Gasteiger partial charge is 0.508 e. The van der Waals surface area contributed by atoms with Crippen molar-refractivity contribution in [1.29, 1.82) is 0 Å². The fourth-order valence-corrected chi connectivity index (χ4v) is 11.3. The number of phenols is 1. The van der Waals surface area contributed by atoms with Crippen molar-refractivity contribution in [2.45, 2.75) is 89.9 Å². The maximum Gasteiger partial charge on any atom is 0.264 e. The molecule has 12 heteroatoms. The van der Waals surface area contributed by atoms with Gasteiger partial charge in [-0.15, -0.1) is 0 Å². The second-order valence-corrected chi connectivity index (χ2v) is 22.2. The number of hydrogen-bond donors (Lipinski definition) is 4. The van der Waals surface area contributed by atoms with Gasteiger partial charge in [-0.05, 0) is 139 Å². The molecule has 346 valence electrons. The van der Waals surface area contributed by atoms with E-state index >= 15 is 0 Å². The monoisotopic (exact) mass is 928 g/mol. The van der Waals surface area contributed by atoms with Gasteiger partial charge < -0.3 is 15.3 Å². The lowest BCUT2D eigenvalue weighted by Gasteiger charge is -2.28. The number of unbranched alkanes of at least 4 members (excludes halogenated alkanes) is 2.